The van der Waals surface area contributed by atoms with E-state index >= 15 is 0 Å². The molecule has 1 fully saturated rings. The van der Waals surface area contributed by atoms with Crippen molar-refractivity contribution in [3.05, 3.63) is 53.4 Å². The van der Waals surface area contributed by atoms with Crippen LogP contribution in [0.5, 0.6) is 0 Å². The summed E-state index contributed by atoms with van der Waals surface area (Å²) in [5, 5.41) is 6.72. The van der Waals surface area contributed by atoms with Crippen LogP contribution in [0.4, 0.5) is 17.3 Å². The molecule has 0 bridgehead atoms. The van der Waals surface area contributed by atoms with E-state index in [0.717, 1.165) is 74.2 Å². The zero-order chi connectivity index (χ0) is 20.5. The van der Waals surface area contributed by atoms with E-state index in [4.69, 9.17) is 9.40 Å². The summed E-state index contributed by atoms with van der Waals surface area (Å²) in [4.78, 5) is 14.0. The fourth-order valence-electron chi connectivity index (χ4n) is 4.07. The molecule has 0 radical (unpaired) electrons. The molecule has 1 saturated heterocycles. The minimum absolute atomic E-state index is 0.579. The predicted molar refractivity (Wildman–Crippen MR) is 119 cm³/mol. The van der Waals surface area contributed by atoms with Crippen molar-refractivity contribution in [3.8, 4) is 11.5 Å². The molecule has 3 aromatic rings. The standard InChI is InChI=1S/C23H28N6O/c1-16-14-25-23(27-22(16)21-13-17-15-24-8-7-20(17)30-21)26-18-3-5-19(6-4-18)29-11-9-28(2)10-12-29/h3-6,13-14,24H,7-12,15H2,1-2H3,(H,25,26,27). The van der Waals surface area contributed by atoms with E-state index in [2.05, 4.69) is 62.8 Å². The van der Waals surface area contributed by atoms with Crippen molar-refractivity contribution < 1.29 is 4.42 Å². The van der Waals surface area contributed by atoms with E-state index in [1.54, 1.807) is 0 Å². The number of rotatable bonds is 4. The van der Waals surface area contributed by atoms with E-state index in [1.165, 1.54) is 11.3 Å². The summed E-state index contributed by atoms with van der Waals surface area (Å²) in [5.74, 6) is 2.46. The number of aromatic nitrogens is 2. The van der Waals surface area contributed by atoms with E-state index in [0.29, 0.717) is 5.95 Å². The topological polar surface area (TPSA) is 69.5 Å². The summed E-state index contributed by atoms with van der Waals surface area (Å²) < 4.78 is 6.10. The Labute approximate surface area is 177 Å². The Balaban J connectivity index is 1.33. The summed E-state index contributed by atoms with van der Waals surface area (Å²) in [7, 11) is 2.18. The highest BCUT2D eigenvalue weighted by Gasteiger charge is 2.18. The molecule has 0 aliphatic carbocycles. The first kappa shape index (κ1) is 19.1. The lowest BCUT2D eigenvalue weighted by Crippen LogP contribution is -2.44. The van der Waals surface area contributed by atoms with Gasteiger partial charge in [-0.2, -0.15) is 0 Å². The van der Waals surface area contributed by atoms with Crippen molar-refractivity contribution in [1.82, 2.24) is 20.2 Å². The number of nitrogens with zero attached hydrogens (tertiary/aromatic N) is 4. The number of furan rings is 1. The van der Waals surface area contributed by atoms with Crippen molar-refractivity contribution in [2.75, 3.05) is 50.0 Å². The average Bonchev–Trinajstić information content (AvgIpc) is 3.20. The number of likely N-dealkylation sites (N-methyl/N-ethyl adjacent to an activating group) is 1. The van der Waals surface area contributed by atoms with Gasteiger partial charge in [-0.1, -0.05) is 0 Å². The maximum Gasteiger partial charge on any atom is 0.227 e. The third-order valence-electron chi connectivity index (χ3n) is 5.94. The second-order valence-electron chi connectivity index (χ2n) is 8.17. The molecular formula is C23H28N6O. The summed E-state index contributed by atoms with van der Waals surface area (Å²) in [6.07, 6.45) is 2.77. The molecule has 7 heteroatoms. The number of benzene rings is 1. The number of hydrogen-bond donors (Lipinski definition) is 2. The Hall–Kier alpha value is -2.90. The molecule has 1 aromatic carbocycles. The van der Waals surface area contributed by atoms with Gasteiger partial charge in [-0.3, -0.25) is 0 Å². The van der Waals surface area contributed by atoms with Crippen LogP contribution in [0, 0.1) is 6.92 Å². The van der Waals surface area contributed by atoms with E-state index in [9.17, 15) is 0 Å². The zero-order valence-corrected chi connectivity index (χ0v) is 17.6. The van der Waals surface area contributed by atoms with Gasteiger partial charge in [-0.25, -0.2) is 9.97 Å². The maximum atomic E-state index is 6.10. The fourth-order valence-corrected chi connectivity index (χ4v) is 4.07. The van der Waals surface area contributed by atoms with Crippen LogP contribution in [0.3, 0.4) is 0 Å². The number of fused-ring (bicyclic) bond motifs is 1. The molecule has 4 heterocycles. The normalized spacial score (nSPS) is 17.1. The van der Waals surface area contributed by atoms with Crippen LogP contribution in [0.2, 0.25) is 0 Å². The van der Waals surface area contributed by atoms with Gasteiger partial charge >= 0.3 is 0 Å². The van der Waals surface area contributed by atoms with E-state index in [1.807, 2.05) is 13.1 Å². The van der Waals surface area contributed by atoms with Gasteiger partial charge in [0.05, 0.1) is 0 Å². The van der Waals surface area contributed by atoms with Crippen molar-refractivity contribution in [2.45, 2.75) is 19.9 Å². The first-order valence-corrected chi connectivity index (χ1v) is 10.6. The zero-order valence-electron chi connectivity index (χ0n) is 17.6. The highest BCUT2D eigenvalue weighted by atomic mass is 16.3. The maximum absolute atomic E-state index is 6.10. The van der Waals surface area contributed by atoms with Gasteiger partial charge in [0.15, 0.2) is 5.76 Å². The second kappa shape index (κ2) is 8.08. The van der Waals surface area contributed by atoms with Gasteiger partial charge < -0.3 is 24.9 Å². The second-order valence-corrected chi connectivity index (χ2v) is 8.17. The minimum Gasteiger partial charge on any atom is -0.459 e. The first-order valence-electron chi connectivity index (χ1n) is 10.6. The highest BCUT2D eigenvalue weighted by Crippen LogP contribution is 2.29. The highest BCUT2D eigenvalue weighted by molar-refractivity contribution is 5.63. The quantitative estimate of drug-likeness (QED) is 0.692. The minimum atomic E-state index is 0.579. The summed E-state index contributed by atoms with van der Waals surface area (Å²) in [6, 6.07) is 10.6. The van der Waals surface area contributed by atoms with Crippen LogP contribution in [0.15, 0.2) is 40.9 Å². The Morgan fingerprint density at radius 1 is 1.10 bits per heavy atom. The summed E-state index contributed by atoms with van der Waals surface area (Å²) >= 11 is 0. The Kier molecular flexibility index (Phi) is 5.14. The van der Waals surface area contributed by atoms with E-state index < -0.39 is 0 Å². The van der Waals surface area contributed by atoms with Gasteiger partial charge in [-0.05, 0) is 49.9 Å². The molecule has 2 aliphatic rings. The summed E-state index contributed by atoms with van der Waals surface area (Å²) in [6.45, 7) is 8.17. The monoisotopic (exact) mass is 404 g/mol. The number of nitrogens with one attached hydrogen (secondary N) is 2. The van der Waals surface area contributed by atoms with Crippen LogP contribution < -0.4 is 15.5 Å². The van der Waals surface area contributed by atoms with Crippen molar-refractivity contribution >= 4 is 17.3 Å². The number of piperazine rings is 1. The average molecular weight is 405 g/mol. The van der Waals surface area contributed by atoms with Crippen LogP contribution in [0.1, 0.15) is 16.9 Å². The van der Waals surface area contributed by atoms with Gasteiger partial charge in [0.25, 0.3) is 0 Å². The molecule has 2 aliphatic heterocycles. The number of anilines is 3. The largest absolute Gasteiger partial charge is 0.459 e. The molecule has 7 nitrogen and oxygen atoms in total. The van der Waals surface area contributed by atoms with Crippen LogP contribution in [0.25, 0.3) is 11.5 Å². The molecule has 5 rings (SSSR count). The van der Waals surface area contributed by atoms with Gasteiger partial charge in [0, 0.05) is 68.8 Å². The third-order valence-corrected chi connectivity index (χ3v) is 5.94. The number of aryl methyl sites for hydroxylation is 1. The molecule has 0 atom stereocenters. The molecule has 0 saturated carbocycles. The molecule has 0 unspecified atom stereocenters. The smallest absolute Gasteiger partial charge is 0.227 e. The Morgan fingerprint density at radius 3 is 2.67 bits per heavy atom. The lowest BCUT2D eigenvalue weighted by atomic mass is 10.1. The molecule has 30 heavy (non-hydrogen) atoms. The van der Waals surface area contributed by atoms with Gasteiger partial charge in [0.1, 0.15) is 11.5 Å². The first-order chi connectivity index (χ1) is 14.7. The van der Waals surface area contributed by atoms with Crippen LogP contribution >= 0.6 is 0 Å². The molecule has 2 N–H and O–H groups in total. The molecule has 156 valence electrons. The lowest BCUT2D eigenvalue weighted by Gasteiger charge is -2.34. The van der Waals surface area contributed by atoms with Gasteiger partial charge in [-0.15, -0.1) is 0 Å². The lowest BCUT2D eigenvalue weighted by molar-refractivity contribution is 0.313. The predicted octanol–water partition coefficient (Wildman–Crippen LogP) is 3.19. The van der Waals surface area contributed by atoms with Crippen molar-refractivity contribution in [2.24, 2.45) is 0 Å². The van der Waals surface area contributed by atoms with Crippen LogP contribution in [-0.4, -0.2) is 54.6 Å². The van der Waals surface area contributed by atoms with Crippen molar-refractivity contribution in [1.29, 1.82) is 0 Å². The van der Waals surface area contributed by atoms with E-state index in [-0.39, 0.29) is 0 Å². The summed E-state index contributed by atoms with van der Waals surface area (Å²) in [5.41, 5.74) is 5.31. The number of hydrogen-bond acceptors (Lipinski definition) is 7. The van der Waals surface area contributed by atoms with Gasteiger partial charge in [0.2, 0.25) is 5.95 Å². The van der Waals surface area contributed by atoms with Crippen LogP contribution in [-0.2, 0) is 13.0 Å². The SMILES string of the molecule is Cc1cnc(Nc2ccc(N3CCN(C)CC3)cc2)nc1-c1cc2c(o1)CCNC2. The van der Waals surface area contributed by atoms with Crippen molar-refractivity contribution in [3.63, 3.8) is 0 Å². The fraction of sp³-hybridized carbons (Fsp3) is 0.391. The Bertz CT molecular complexity index is 997. The molecular weight excluding hydrogens is 376 g/mol. The molecule has 0 spiro atoms. The molecule has 2 aromatic heterocycles. The third kappa shape index (κ3) is 3.91. The molecule has 0 amide bonds. The Morgan fingerprint density at radius 2 is 1.90 bits per heavy atom.